The molecule has 2 rings (SSSR count). The maximum Gasteiger partial charge on any atom is 0.0404 e. The minimum absolute atomic E-state index is 0.668. The van der Waals surface area contributed by atoms with E-state index in [-0.39, 0.29) is 0 Å². The minimum atomic E-state index is 0.668. The van der Waals surface area contributed by atoms with Crippen LogP contribution in [0.1, 0.15) is 38.7 Å². The number of hydrogen-bond donors (Lipinski definition) is 0. The van der Waals surface area contributed by atoms with E-state index in [1.807, 2.05) is 0 Å². The van der Waals surface area contributed by atoms with E-state index < -0.39 is 0 Å². The molecular weight excluding hydrogens is 170 g/mol. The molecule has 1 aliphatic heterocycles. The predicted octanol–water partition coefficient (Wildman–Crippen LogP) is 3.41. The number of rotatable bonds is 2. The Morgan fingerprint density at radius 3 is 2.86 bits per heavy atom. The fourth-order valence-corrected chi connectivity index (χ4v) is 2.30. The highest BCUT2D eigenvalue weighted by atomic mass is 15.2. The summed E-state index contributed by atoms with van der Waals surface area (Å²) < 4.78 is 0. The molecule has 2 atom stereocenters. The van der Waals surface area contributed by atoms with Gasteiger partial charge in [-0.1, -0.05) is 32.0 Å². The Balaban J connectivity index is 2.34. The van der Waals surface area contributed by atoms with Crippen LogP contribution in [0.15, 0.2) is 24.3 Å². The van der Waals surface area contributed by atoms with Gasteiger partial charge in [0.05, 0.1) is 0 Å². The SMILES string of the molecule is CCC(C)N1CC(C)c2ccccc21. The molecule has 76 valence electrons. The molecule has 1 aromatic rings. The number of para-hydroxylation sites is 1. The standard InChI is InChI=1S/C13H19N/c1-4-11(3)14-9-10(2)12-7-5-6-8-13(12)14/h5-8,10-11H,4,9H2,1-3H3. The third-order valence-corrected chi connectivity index (χ3v) is 3.37. The molecule has 0 aromatic heterocycles. The van der Waals surface area contributed by atoms with Gasteiger partial charge in [0.1, 0.15) is 0 Å². The van der Waals surface area contributed by atoms with Crippen molar-refractivity contribution in [3.05, 3.63) is 29.8 Å². The first-order chi connectivity index (χ1) is 6.74. The van der Waals surface area contributed by atoms with Crippen LogP contribution in [-0.4, -0.2) is 12.6 Å². The van der Waals surface area contributed by atoms with Gasteiger partial charge >= 0.3 is 0 Å². The predicted molar refractivity (Wildman–Crippen MR) is 62.0 cm³/mol. The Kier molecular flexibility index (Phi) is 2.49. The third kappa shape index (κ3) is 1.41. The molecule has 14 heavy (non-hydrogen) atoms. The average Bonchev–Trinajstić information content (AvgIpc) is 2.56. The van der Waals surface area contributed by atoms with Crippen LogP contribution in [0.25, 0.3) is 0 Å². The first-order valence-corrected chi connectivity index (χ1v) is 5.59. The molecule has 0 fully saturated rings. The van der Waals surface area contributed by atoms with E-state index in [2.05, 4.69) is 49.9 Å². The van der Waals surface area contributed by atoms with Crippen molar-refractivity contribution in [2.24, 2.45) is 0 Å². The molecule has 0 N–H and O–H groups in total. The minimum Gasteiger partial charge on any atom is -0.368 e. The topological polar surface area (TPSA) is 3.24 Å². The molecular formula is C13H19N. The lowest BCUT2D eigenvalue weighted by Crippen LogP contribution is -2.31. The summed E-state index contributed by atoms with van der Waals surface area (Å²) in [5, 5.41) is 0. The van der Waals surface area contributed by atoms with Gasteiger partial charge < -0.3 is 4.90 Å². The third-order valence-electron chi connectivity index (χ3n) is 3.37. The van der Waals surface area contributed by atoms with E-state index in [4.69, 9.17) is 0 Å². The molecule has 1 heterocycles. The number of nitrogens with zero attached hydrogens (tertiary/aromatic N) is 1. The average molecular weight is 189 g/mol. The van der Waals surface area contributed by atoms with E-state index in [0.29, 0.717) is 12.0 Å². The zero-order chi connectivity index (χ0) is 10.1. The molecule has 1 nitrogen and oxygen atoms in total. The molecule has 1 aromatic carbocycles. The summed E-state index contributed by atoms with van der Waals surface area (Å²) in [7, 11) is 0. The normalized spacial score (nSPS) is 22.2. The van der Waals surface area contributed by atoms with Crippen molar-refractivity contribution in [3.8, 4) is 0 Å². The fraction of sp³-hybridized carbons (Fsp3) is 0.538. The summed E-state index contributed by atoms with van der Waals surface area (Å²) in [4.78, 5) is 2.54. The van der Waals surface area contributed by atoms with Crippen LogP contribution in [0.4, 0.5) is 5.69 Å². The van der Waals surface area contributed by atoms with E-state index in [9.17, 15) is 0 Å². The van der Waals surface area contributed by atoms with Gasteiger partial charge in [-0.15, -0.1) is 0 Å². The highest BCUT2D eigenvalue weighted by molar-refractivity contribution is 5.60. The van der Waals surface area contributed by atoms with Crippen LogP contribution < -0.4 is 4.90 Å². The Morgan fingerprint density at radius 1 is 1.43 bits per heavy atom. The first kappa shape index (κ1) is 9.57. The first-order valence-electron chi connectivity index (χ1n) is 5.59. The maximum atomic E-state index is 2.54. The fourth-order valence-electron chi connectivity index (χ4n) is 2.30. The van der Waals surface area contributed by atoms with Gasteiger partial charge in [-0.3, -0.25) is 0 Å². The van der Waals surface area contributed by atoms with E-state index in [1.54, 1.807) is 0 Å². The quantitative estimate of drug-likeness (QED) is 0.689. The van der Waals surface area contributed by atoms with Gasteiger partial charge in [0.2, 0.25) is 0 Å². The lowest BCUT2D eigenvalue weighted by atomic mass is 10.0. The zero-order valence-corrected chi connectivity index (χ0v) is 9.33. The molecule has 1 aliphatic rings. The summed E-state index contributed by atoms with van der Waals surface area (Å²) in [5.74, 6) is 0.695. The van der Waals surface area contributed by atoms with Gasteiger partial charge in [0.15, 0.2) is 0 Å². The molecule has 0 saturated heterocycles. The van der Waals surface area contributed by atoms with Crippen molar-refractivity contribution < 1.29 is 0 Å². The van der Waals surface area contributed by atoms with Crippen LogP contribution >= 0.6 is 0 Å². The summed E-state index contributed by atoms with van der Waals surface area (Å²) in [6, 6.07) is 9.48. The van der Waals surface area contributed by atoms with Crippen molar-refractivity contribution in [1.82, 2.24) is 0 Å². The smallest absolute Gasteiger partial charge is 0.0404 e. The van der Waals surface area contributed by atoms with Crippen LogP contribution in [0.3, 0.4) is 0 Å². The number of fused-ring (bicyclic) bond motifs is 1. The Morgan fingerprint density at radius 2 is 2.14 bits per heavy atom. The van der Waals surface area contributed by atoms with E-state index >= 15 is 0 Å². The van der Waals surface area contributed by atoms with Crippen molar-refractivity contribution in [2.75, 3.05) is 11.4 Å². The van der Waals surface area contributed by atoms with Crippen molar-refractivity contribution >= 4 is 5.69 Å². The lowest BCUT2D eigenvalue weighted by Gasteiger charge is -2.26. The number of anilines is 1. The number of hydrogen-bond acceptors (Lipinski definition) is 1. The molecule has 2 unspecified atom stereocenters. The molecule has 0 radical (unpaired) electrons. The molecule has 0 aliphatic carbocycles. The van der Waals surface area contributed by atoms with E-state index in [0.717, 1.165) is 0 Å². The van der Waals surface area contributed by atoms with Crippen molar-refractivity contribution in [1.29, 1.82) is 0 Å². The van der Waals surface area contributed by atoms with Gasteiger partial charge in [0.25, 0.3) is 0 Å². The summed E-state index contributed by atoms with van der Waals surface area (Å²) >= 11 is 0. The highest BCUT2D eigenvalue weighted by Gasteiger charge is 2.27. The Bertz CT molecular complexity index is 319. The second kappa shape index (κ2) is 3.64. The molecule has 0 spiro atoms. The van der Waals surface area contributed by atoms with Gasteiger partial charge in [-0.25, -0.2) is 0 Å². The lowest BCUT2D eigenvalue weighted by molar-refractivity contribution is 0.613. The molecule has 0 bridgehead atoms. The van der Waals surface area contributed by atoms with Crippen LogP contribution in [0.2, 0.25) is 0 Å². The summed E-state index contributed by atoms with van der Waals surface area (Å²) in [6.07, 6.45) is 1.22. The summed E-state index contributed by atoms with van der Waals surface area (Å²) in [5.41, 5.74) is 2.97. The second-order valence-electron chi connectivity index (χ2n) is 4.37. The van der Waals surface area contributed by atoms with Crippen LogP contribution in [-0.2, 0) is 0 Å². The van der Waals surface area contributed by atoms with Crippen LogP contribution in [0, 0.1) is 0 Å². The van der Waals surface area contributed by atoms with Crippen LogP contribution in [0.5, 0.6) is 0 Å². The summed E-state index contributed by atoms with van der Waals surface area (Å²) in [6.45, 7) is 8.08. The van der Waals surface area contributed by atoms with Crippen molar-refractivity contribution in [2.45, 2.75) is 39.2 Å². The molecule has 1 heteroatoms. The second-order valence-corrected chi connectivity index (χ2v) is 4.37. The number of benzene rings is 1. The Labute approximate surface area is 86.7 Å². The Hall–Kier alpha value is -0.980. The molecule has 0 amide bonds. The van der Waals surface area contributed by atoms with Gasteiger partial charge in [0, 0.05) is 24.2 Å². The monoisotopic (exact) mass is 189 g/mol. The van der Waals surface area contributed by atoms with E-state index in [1.165, 1.54) is 24.2 Å². The molecule has 0 saturated carbocycles. The largest absolute Gasteiger partial charge is 0.368 e. The van der Waals surface area contributed by atoms with Gasteiger partial charge in [-0.05, 0) is 25.0 Å². The van der Waals surface area contributed by atoms with Crippen molar-refractivity contribution in [3.63, 3.8) is 0 Å². The highest BCUT2D eigenvalue weighted by Crippen LogP contribution is 2.37. The van der Waals surface area contributed by atoms with Gasteiger partial charge in [-0.2, -0.15) is 0 Å². The maximum absolute atomic E-state index is 2.54. The zero-order valence-electron chi connectivity index (χ0n) is 9.33.